The van der Waals surface area contributed by atoms with Crippen LogP contribution in [0.2, 0.25) is 0 Å². The molecule has 1 aromatic rings. The highest BCUT2D eigenvalue weighted by Gasteiger charge is 2.38. The van der Waals surface area contributed by atoms with Gasteiger partial charge < -0.3 is 9.84 Å². The van der Waals surface area contributed by atoms with Crippen LogP contribution in [0.15, 0.2) is 24.3 Å². The molecule has 0 aliphatic heterocycles. The largest absolute Gasteiger partial charge is 0.385 e. The van der Waals surface area contributed by atoms with Gasteiger partial charge in [0.25, 0.3) is 0 Å². The van der Waals surface area contributed by atoms with Crippen molar-refractivity contribution in [1.29, 1.82) is 0 Å². The van der Waals surface area contributed by atoms with Gasteiger partial charge >= 0.3 is 0 Å². The number of ether oxygens (including phenoxy) is 1. The van der Waals surface area contributed by atoms with Gasteiger partial charge in [0.1, 0.15) is 0 Å². The minimum Gasteiger partial charge on any atom is -0.385 e. The van der Waals surface area contributed by atoms with Crippen molar-refractivity contribution in [3.63, 3.8) is 0 Å². The third kappa shape index (κ3) is 2.44. The lowest BCUT2D eigenvalue weighted by Crippen LogP contribution is -2.37. The van der Waals surface area contributed by atoms with Gasteiger partial charge in [0.2, 0.25) is 0 Å². The van der Waals surface area contributed by atoms with Crippen molar-refractivity contribution in [2.75, 3.05) is 7.11 Å². The fourth-order valence-electron chi connectivity index (χ4n) is 3.64. The summed E-state index contributed by atoms with van der Waals surface area (Å²) in [6.45, 7) is 0. The molecule has 2 fully saturated rings. The molecule has 2 heteroatoms. The van der Waals surface area contributed by atoms with E-state index in [1.807, 2.05) is 0 Å². The highest BCUT2D eigenvalue weighted by Crippen LogP contribution is 2.45. The molecule has 2 nitrogen and oxygen atoms in total. The molecule has 1 aromatic carbocycles. The molecule has 2 unspecified atom stereocenters. The molecule has 0 heterocycles. The van der Waals surface area contributed by atoms with Crippen LogP contribution in [0.4, 0.5) is 0 Å². The van der Waals surface area contributed by atoms with Gasteiger partial charge in [-0.1, -0.05) is 30.7 Å². The number of benzene rings is 1. The maximum Gasteiger partial charge on any atom is 0.0924 e. The molecule has 104 valence electrons. The van der Waals surface area contributed by atoms with E-state index >= 15 is 0 Å². The SMILES string of the molecule is COC1CCCC(O)(c2ccccc2C2CCC2)C1. The van der Waals surface area contributed by atoms with E-state index in [2.05, 4.69) is 24.3 Å². The van der Waals surface area contributed by atoms with Gasteiger partial charge in [0.05, 0.1) is 11.7 Å². The van der Waals surface area contributed by atoms with Crippen LogP contribution in [0.1, 0.15) is 62.0 Å². The molecular weight excluding hydrogens is 236 g/mol. The molecule has 0 saturated heterocycles. The van der Waals surface area contributed by atoms with E-state index in [1.54, 1.807) is 7.11 Å². The van der Waals surface area contributed by atoms with Gasteiger partial charge in [-0.2, -0.15) is 0 Å². The van der Waals surface area contributed by atoms with Crippen molar-refractivity contribution >= 4 is 0 Å². The van der Waals surface area contributed by atoms with Gasteiger partial charge in [-0.05, 0) is 49.1 Å². The predicted octanol–water partition coefficient (Wildman–Crippen LogP) is 3.73. The zero-order valence-corrected chi connectivity index (χ0v) is 11.8. The van der Waals surface area contributed by atoms with E-state index < -0.39 is 5.60 Å². The lowest BCUT2D eigenvalue weighted by Gasteiger charge is -2.40. The summed E-state index contributed by atoms with van der Waals surface area (Å²) in [5.74, 6) is 0.670. The van der Waals surface area contributed by atoms with Crippen LogP contribution in [0.3, 0.4) is 0 Å². The van der Waals surface area contributed by atoms with E-state index in [1.165, 1.54) is 30.4 Å². The van der Waals surface area contributed by atoms with E-state index in [4.69, 9.17) is 4.74 Å². The molecule has 19 heavy (non-hydrogen) atoms. The standard InChI is InChI=1S/C17H24O2/c1-19-14-8-5-11-17(18,12-14)16-10-3-2-9-15(16)13-6-4-7-13/h2-3,9-10,13-14,18H,4-8,11-12H2,1H3. The first kappa shape index (κ1) is 13.1. The number of hydrogen-bond acceptors (Lipinski definition) is 2. The molecule has 2 saturated carbocycles. The Morgan fingerprint density at radius 3 is 2.63 bits per heavy atom. The van der Waals surface area contributed by atoms with E-state index in [0.29, 0.717) is 5.92 Å². The summed E-state index contributed by atoms with van der Waals surface area (Å²) in [7, 11) is 1.76. The Labute approximate surface area is 115 Å². The first-order chi connectivity index (χ1) is 9.23. The second kappa shape index (κ2) is 5.26. The summed E-state index contributed by atoms with van der Waals surface area (Å²) in [6, 6.07) is 8.52. The van der Waals surface area contributed by atoms with Gasteiger partial charge in [-0.15, -0.1) is 0 Å². The number of hydrogen-bond donors (Lipinski definition) is 1. The minimum atomic E-state index is -0.675. The molecule has 2 aliphatic carbocycles. The summed E-state index contributed by atoms with van der Waals surface area (Å²) < 4.78 is 5.49. The van der Waals surface area contributed by atoms with Gasteiger partial charge in [-0.3, -0.25) is 0 Å². The van der Waals surface area contributed by atoms with Crippen molar-refractivity contribution in [1.82, 2.24) is 0 Å². The van der Waals surface area contributed by atoms with E-state index in [0.717, 1.165) is 25.7 Å². The Balaban J connectivity index is 1.91. The second-order valence-corrected chi connectivity index (χ2v) is 6.20. The fourth-order valence-corrected chi connectivity index (χ4v) is 3.64. The topological polar surface area (TPSA) is 29.5 Å². The zero-order chi connectivity index (χ0) is 13.3. The van der Waals surface area contributed by atoms with Crippen molar-refractivity contribution in [3.05, 3.63) is 35.4 Å². The van der Waals surface area contributed by atoms with Crippen LogP contribution < -0.4 is 0 Å². The van der Waals surface area contributed by atoms with Crippen LogP contribution in [0, 0.1) is 0 Å². The van der Waals surface area contributed by atoms with Crippen molar-refractivity contribution in [3.8, 4) is 0 Å². The highest BCUT2D eigenvalue weighted by molar-refractivity contribution is 5.36. The Bertz CT molecular complexity index is 439. The summed E-state index contributed by atoms with van der Waals surface area (Å²) in [4.78, 5) is 0. The number of aliphatic hydroxyl groups is 1. The molecule has 0 aromatic heterocycles. The number of rotatable bonds is 3. The molecule has 0 bridgehead atoms. The van der Waals surface area contributed by atoms with Crippen LogP contribution in [0.5, 0.6) is 0 Å². The first-order valence-electron chi connectivity index (χ1n) is 7.57. The Morgan fingerprint density at radius 2 is 1.95 bits per heavy atom. The maximum absolute atomic E-state index is 11.1. The Hall–Kier alpha value is -0.860. The van der Waals surface area contributed by atoms with Crippen molar-refractivity contribution < 1.29 is 9.84 Å². The van der Waals surface area contributed by atoms with Gasteiger partial charge in [0.15, 0.2) is 0 Å². The van der Waals surface area contributed by atoms with Gasteiger partial charge in [-0.25, -0.2) is 0 Å². The second-order valence-electron chi connectivity index (χ2n) is 6.20. The van der Waals surface area contributed by atoms with Crippen LogP contribution in [-0.2, 0) is 10.3 Å². The Kier molecular flexibility index (Phi) is 3.64. The van der Waals surface area contributed by atoms with E-state index in [-0.39, 0.29) is 6.10 Å². The average molecular weight is 260 g/mol. The molecule has 0 radical (unpaired) electrons. The summed E-state index contributed by atoms with van der Waals surface area (Å²) in [5, 5.41) is 11.1. The monoisotopic (exact) mass is 260 g/mol. The van der Waals surface area contributed by atoms with Crippen molar-refractivity contribution in [2.45, 2.75) is 62.6 Å². The summed E-state index contributed by atoms with van der Waals surface area (Å²) in [6.07, 6.45) is 7.83. The lowest BCUT2D eigenvalue weighted by atomic mass is 9.71. The Morgan fingerprint density at radius 1 is 1.16 bits per heavy atom. The lowest BCUT2D eigenvalue weighted by molar-refractivity contribution is -0.0639. The fraction of sp³-hybridized carbons (Fsp3) is 0.647. The number of methoxy groups -OCH3 is 1. The van der Waals surface area contributed by atoms with Gasteiger partial charge in [0, 0.05) is 13.5 Å². The third-order valence-corrected chi connectivity index (χ3v) is 5.02. The summed E-state index contributed by atoms with van der Waals surface area (Å²) >= 11 is 0. The normalized spacial score (nSPS) is 32.0. The average Bonchev–Trinajstić information content (AvgIpc) is 2.37. The quantitative estimate of drug-likeness (QED) is 0.897. The molecular formula is C17H24O2. The highest BCUT2D eigenvalue weighted by atomic mass is 16.5. The first-order valence-corrected chi connectivity index (χ1v) is 7.57. The predicted molar refractivity (Wildman–Crippen MR) is 76.2 cm³/mol. The van der Waals surface area contributed by atoms with Crippen LogP contribution in [-0.4, -0.2) is 18.3 Å². The third-order valence-electron chi connectivity index (χ3n) is 5.02. The molecule has 3 rings (SSSR count). The van der Waals surface area contributed by atoms with Crippen LogP contribution in [0.25, 0.3) is 0 Å². The summed E-state index contributed by atoms with van der Waals surface area (Å²) in [5.41, 5.74) is 1.87. The molecule has 0 amide bonds. The molecule has 2 aliphatic rings. The van der Waals surface area contributed by atoms with Crippen LogP contribution >= 0.6 is 0 Å². The zero-order valence-electron chi connectivity index (χ0n) is 11.8. The molecule has 1 N–H and O–H groups in total. The minimum absolute atomic E-state index is 0.202. The molecule has 2 atom stereocenters. The van der Waals surface area contributed by atoms with Crippen molar-refractivity contribution in [2.24, 2.45) is 0 Å². The molecule has 0 spiro atoms. The smallest absolute Gasteiger partial charge is 0.0924 e. The maximum atomic E-state index is 11.1. The van der Waals surface area contributed by atoms with E-state index in [9.17, 15) is 5.11 Å².